The first-order valence-electron chi connectivity index (χ1n) is 8.38. The highest BCUT2D eigenvalue weighted by Crippen LogP contribution is 2.13. The van der Waals surface area contributed by atoms with Gasteiger partial charge in [0.2, 0.25) is 0 Å². The van der Waals surface area contributed by atoms with Crippen molar-refractivity contribution in [3.63, 3.8) is 0 Å². The molecule has 0 unspecified atom stereocenters. The van der Waals surface area contributed by atoms with E-state index in [0.29, 0.717) is 13.1 Å². The molecule has 1 fully saturated rings. The maximum atomic E-state index is 12.1. The van der Waals surface area contributed by atoms with Crippen LogP contribution in [0.4, 0.5) is 9.59 Å². The van der Waals surface area contributed by atoms with Crippen LogP contribution in [0.25, 0.3) is 0 Å². The van der Waals surface area contributed by atoms with Crippen molar-refractivity contribution in [3.05, 3.63) is 35.9 Å². The third kappa shape index (κ3) is 6.10. The average Bonchev–Trinajstić information content (AvgIpc) is 2.52. The molecule has 0 bridgehead atoms. The Morgan fingerprint density at radius 1 is 1.17 bits per heavy atom. The number of nitrogens with one attached hydrogen (secondary N) is 2. The van der Waals surface area contributed by atoms with Gasteiger partial charge in [0, 0.05) is 24.7 Å². The van der Waals surface area contributed by atoms with Crippen LogP contribution in [-0.4, -0.2) is 41.7 Å². The van der Waals surface area contributed by atoms with Crippen molar-refractivity contribution in [1.29, 1.82) is 0 Å². The highest BCUT2D eigenvalue weighted by Gasteiger charge is 2.25. The number of likely N-dealkylation sites (tertiary alicyclic amines) is 1. The predicted molar refractivity (Wildman–Crippen MR) is 92.6 cm³/mol. The summed E-state index contributed by atoms with van der Waals surface area (Å²) in [5.41, 5.74) is 0.715. The number of carbonyl (C=O) groups is 2. The SMILES string of the molecule is CC(C)(C)NC(=O)NC1CCN(C(=O)OCc2ccccc2)CC1. The lowest BCUT2D eigenvalue weighted by Gasteiger charge is -2.32. The van der Waals surface area contributed by atoms with Gasteiger partial charge >= 0.3 is 12.1 Å². The maximum absolute atomic E-state index is 12.1. The lowest BCUT2D eigenvalue weighted by molar-refractivity contribution is 0.0858. The number of rotatable bonds is 3. The van der Waals surface area contributed by atoms with Gasteiger partial charge in [-0.2, -0.15) is 0 Å². The molecule has 0 spiro atoms. The summed E-state index contributed by atoms with van der Waals surface area (Å²) in [6.07, 6.45) is 1.17. The minimum absolute atomic E-state index is 0.0884. The molecule has 0 saturated carbocycles. The van der Waals surface area contributed by atoms with E-state index in [1.165, 1.54) is 0 Å². The molecular weight excluding hydrogens is 306 g/mol. The molecule has 1 heterocycles. The quantitative estimate of drug-likeness (QED) is 0.893. The van der Waals surface area contributed by atoms with Gasteiger partial charge in [0.25, 0.3) is 0 Å². The summed E-state index contributed by atoms with van der Waals surface area (Å²) in [4.78, 5) is 25.7. The second-order valence-corrected chi connectivity index (χ2v) is 7.15. The van der Waals surface area contributed by atoms with E-state index in [0.717, 1.165) is 18.4 Å². The zero-order chi connectivity index (χ0) is 17.6. The van der Waals surface area contributed by atoms with Gasteiger partial charge in [-0.05, 0) is 39.2 Å². The van der Waals surface area contributed by atoms with Gasteiger partial charge in [-0.15, -0.1) is 0 Å². The zero-order valence-electron chi connectivity index (χ0n) is 14.7. The summed E-state index contributed by atoms with van der Waals surface area (Å²) in [6.45, 7) is 7.29. The molecule has 2 rings (SSSR count). The van der Waals surface area contributed by atoms with Crippen LogP contribution in [0.5, 0.6) is 0 Å². The van der Waals surface area contributed by atoms with Crippen molar-refractivity contribution in [1.82, 2.24) is 15.5 Å². The van der Waals surface area contributed by atoms with Crippen molar-refractivity contribution in [2.24, 2.45) is 0 Å². The van der Waals surface area contributed by atoms with Crippen molar-refractivity contribution >= 4 is 12.1 Å². The fourth-order valence-corrected chi connectivity index (χ4v) is 2.58. The van der Waals surface area contributed by atoms with Crippen LogP contribution in [0.15, 0.2) is 30.3 Å². The third-order valence-electron chi connectivity index (χ3n) is 3.78. The van der Waals surface area contributed by atoms with Gasteiger partial charge in [-0.3, -0.25) is 0 Å². The van der Waals surface area contributed by atoms with Gasteiger partial charge in [-0.25, -0.2) is 9.59 Å². The van der Waals surface area contributed by atoms with Crippen LogP contribution >= 0.6 is 0 Å². The first kappa shape index (κ1) is 18.1. The van der Waals surface area contributed by atoms with Crippen LogP contribution < -0.4 is 10.6 Å². The van der Waals surface area contributed by atoms with Crippen LogP contribution in [0.3, 0.4) is 0 Å². The molecule has 132 valence electrons. The smallest absolute Gasteiger partial charge is 0.410 e. The Kier molecular flexibility index (Phi) is 6.06. The standard InChI is InChI=1S/C18H27N3O3/c1-18(2,3)20-16(22)19-15-9-11-21(12-10-15)17(23)24-13-14-7-5-4-6-8-14/h4-8,15H,9-13H2,1-3H3,(H2,19,20,22). The highest BCUT2D eigenvalue weighted by atomic mass is 16.6. The number of hydrogen-bond acceptors (Lipinski definition) is 3. The highest BCUT2D eigenvalue weighted by molar-refractivity contribution is 5.75. The monoisotopic (exact) mass is 333 g/mol. The van der Waals surface area contributed by atoms with Crippen LogP contribution in [0.1, 0.15) is 39.2 Å². The summed E-state index contributed by atoms with van der Waals surface area (Å²) in [5.74, 6) is 0. The Morgan fingerprint density at radius 2 is 1.79 bits per heavy atom. The van der Waals surface area contributed by atoms with Gasteiger partial charge in [0.15, 0.2) is 0 Å². The van der Waals surface area contributed by atoms with E-state index in [9.17, 15) is 9.59 Å². The summed E-state index contributed by atoms with van der Waals surface area (Å²) < 4.78 is 5.34. The number of piperidine rings is 1. The molecule has 0 radical (unpaired) electrons. The van der Waals surface area contributed by atoms with E-state index in [-0.39, 0.29) is 30.3 Å². The largest absolute Gasteiger partial charge is 0.445 e. The molecule has 6 nitrogen and oxygen atoms in total. The molecule has 24 heavy (non-hydrogen) atoms. The summed E-state index contributed by atoms with van der Waals surface area (Å²) in [5, 5.41) is 5.85. The predicted octanol–water partition coefficient (Wildman–Crippen LogP) is 2.89. The lowest BCUT2D eigenvalue weighted by atomic mass is 10.1. The van der Waals surface area contributed by atoms with E-state index in [4.69, 9.17) is 4.74 Å². The molecule has 1 aromatic rings. The van der Waals surface area contributed by atoms with Crippen LogP contribution in [0.2, 0.25) is 0 Å². The van der Waals surface area contributed by atoms with Crippen LogP contribution in [0, 0.1) is 0 Å². The number of ether oxygens (including phenoxy) is 1. The summed E-state index contributed by atoms with van der Waals surface area (Å²) in [6, 6.07) is 9.55. The molecule has 2 N–H and O–H groups in total. The number of amides is 3. The van der Waals surface area contributed by atoms with E-state index in [2.05, 4.69) is 10.6 Å². The zero-order valence-corrected chi connectivity index (χ0v) is 14.7. The minimum Gasteiger partial charge on any atom is -0.445 e. The first-order valence-corrected chi connectivity index (χ1v) is 8.38. The maximum Gasteiger partial charge on any atom is 0.410 e. The van der Waals surface area contributed by atoms with Gasteiger partial charge in [-0.1, -0.05) is 30.3 Å². The molecule has 1 aromatic carbocycles. The Hall–Kier alpha value is -2.24. The number of nitrogens with zero attached hydrogens (tertiary/aromatic N) is 1. The second-order valence-electron chi connectivity index (χ2n) is 7.15. The van der Waals surface area contributed by atoms with Crippen molar-refractivity contribution in [2.75, 3.05) is 13.1 Å². The minimum atomic E-state index is -0.295. The van der Waals surface area contributed by atoms with Crippen molar-refractivity contribution in [3.8, 4) is 0 Å². The Bertz CT molecular complexity index is 546. The molecule has 1 aliphatic rings. The Morgan fingerprint density at radius 3 is 2.38 bits per heavy atom. The summed E-state index contributed by atoms with van der Waals surface area (Å²) >= 11 is 0. The molecule has 3 amide bonds. The molecule has 0 aromatic heterocycles. The fourth-order valence-electron chi connectivity index (χ4n) is 2.58. The molecule has 0 aliphatic carbocycles. The van der Waals surface area contributed by atoms with E-state index >= 15 is 0 Å². The fraction of sp³-hybridized carbons (Fsp3) is 0.556. The van der Waals surface area contributed by atoms with E-state index in [1.807, 2.05) is 51.1 Å². The van der Waals surface area contributed by atoms with Gasteiger partial charge in [0.1, 0.15) is 6.61 Å². The van der Waals surface area contributed by atoms with Gasteiger partial charge in [0.05, 0.1) is 0 Å². The topological polar surface area (TPSA) is 70.7 Å². The normalized spacial score (nSPS) is 15.7. The number of benzene rings is 1. The van der Waals surface area contributed by atoms with Crippen LogP contribution in [-0.2, 0) is 11.3 Å². The summed E-state index contributed by atoms with van der Waals surface area (Å²) in [7, 11) is 0. The molecular formula is C18H27N3O3. The molecule has 1 aliphatic heterocycles. The lowest BCUT2D eigenvalue weighted by Crippen LogP contribution is -2.52. The molecule has 1 saturated heterocycles. The Labute approximate surface area is 143 Å². The third-order valence-corrected chi connectivity index (χ3v) is 3.78. The Balaban J connectivity index is 1.70. The molecule has 6 heteroatoms. The van der Waals surface area contributed by atoms with E-state index in [1.54, 1.807) is 4.90 Å². The second kappa shape index (κ2) is 8.04. The van der Waals surface area contributed by atoms with Gasteiger partial charge < -0.3 is 20.3 Å². The van der Waals surface area contributed by atoms with Crippen molar-refractivity contribution < 1.29 is 14.3 Å². The first-order chi connectivity index (χ1) is 11.3. The molecule has 0 atom stereocenters. The number of carbonyl (C=O) groups excluding carboxylic acids is 2. The number of hydrogen-bond donors (Lipinski definition) is 2. The van der Waals surface area contributed by atoms with E-state index < -0.39 is 0 Å². The number of urea groups is 1. The average molecular weight is 333 g/mol. The van der Waals surface area contributed by atoms with Crippen molar-refractivity contribution in [2.45, 2.75) is 51.8 Å².